The SMILES string of the molecule is CCCn1c(NC(=O)c2ccc3c(=O)n(CC)c(=S)[nH]c3c2)nc2ccccc21. The van der Waals surface area contributed by atoms with E-state index in [1.165, 1.54) is 4.57 Å². The summed E-state index contributed by atoms with van der Waals surface area (Å²) < 4.78 is 3.83. The average Bonchev–Trinajstić information content (AvgIpc) is 3.05. The van der Waals surface area contributed by atoms with Gasteiger partial charge in [-0.15, -0.1) is 0 Å². The third kappa shape index (κ3) is 3.36. The van der Waals surface area contributed by atoms with E-state index in [2.05, 4.69) is 22.2 Å². The molecule has 148 valence electrons. The minimum Gasteiger partial charge on any atom is -0.332 e. The maximum atomic E-state index is 12.9. The van der Waals surface area contributed by atoms with Crippen molar-refractivity contribution in [3.05, 3.63) is 63.2 Å². The van der Waals surface area contributed by atoms with Crippen LogP contribution in [0.5, 0.6) is 0 Å². The molecule has 0 spiro atoms. The molecule has 7 nitrogen and oxygen atoms in total. The van der Waals surface area contributed by atoms with E-state index < -0.39 is 0 Å². The largest absolute Gasteiger partial charge is 0.332 e. The zero-order valence-corrected chi connectivity index (χ0v) is 17.0. The van der Waals surface area contributed by atoms with E-state index in [1.54, 1.807) is 18.2 Å². The molecule has 0 bridgehead atoms. The van der Waals surface area contributed by atoms with Crippen molar-refractivity contribution < 1.29 is 4.79 Å². The number of hydrogen-bond acceptors (Lipinski definition) is 4. The number of H-pyrrole nitrogens is 1. The maximum Gasteiger partial charge on any atom is 0.262 e. The second kappa shape index (κ2) is 7.63. The molecule has 2 aromatic heterocycles. The quantitative estimate of drug-likeness (QED) is 0.488. The predicted molar refractivity (Wildman–Crippen MR) is 117 cm³/mol. The molecule has 0 atom stereocenters. The minimum absolute atomic E-state index is 0.164. The first-order valence-corrected chi connectivity index (χ1v) is 9.97. The van der Waals surface area contributed by atoms with E-state index in [1.807, 2.05) is 35.8 Å². The van der Waals surface area contributed by atoms with Crippen molar-refractivity contribution in [2.45, 2.75) is 33.4 Å². The van der Waals surface area contributed by atoms with Gasteiger partial charge in [0.15, 0.2) is 4.77 Å². The Morgan fingerprint density at radius 2 is 1.97 bits per heavy atom. The van der Waals surface area contributed by atoms with E-state index in [-0.39, 0.29) is 11.5 Å². The topological polar surface area (TPSA) is 84.7 Å². The summed E-state index contributed by atoms with van der Waals surface area (Å²) in [6.45, 7) is 5.17. The van der Waals surface area contributed by atoms with E-state index in [0.29, 0.717) is 33.7 Å². The Morgan fingerprint density at radius 1 is 1.17 bits per heavy atom. The number of amides is 1. The summed E-state index contributed by atoms with van der Waals surface area (Å²) in [6, 6.07) is 12.7. The van der Waals surface area contributed by atoms with Crippen molar-refractivity contribution >= 4 is 46.0 Å². The zero-order valence-electron chi connectivity index (χ0n) is 16.2. The Balaban J connectivity index is 1.73. The second-order valence-electron chi connectivity index (χ2n) is 6.77. The third-order valence-corrected chi connectivity index (χ3v) is 5.21. The molecule has 2 aromatic carbocycles. The molecule has 29 heavy (non-hydrogen) atoms. The number of fused-ring (bicyclic) bond motifs is 2. The van der Waals surface area contributed by atoms with Crippen LogP contribution in [0.4, 0.5) is 5.95 Å². The molecule has 0 aliphatic carbocycles. The third-order valence-electron chi connectivity index (χ3n) is 4.89. The molecular weight excluding hydrogens is 386 g/mol. The molecule has 0 fully saturated rings. The van der Waals surface area contributed by atoms with Gasteiger partial charge >= 0.3 is 0 Å². The van der Waals surface area contributed by atoms with Gasteiger partial charge in [-0.25, -0.2) is 4.98 Å². The summed E-state index contributed by atoms with van der Waals surface area (Å²) in [5.41, 5.74) is 2.61. The standard InChI is InChI=1S/C21H21N5O2S/c1-3-11-26-17-8-6-5-7-15(17)22-20(26)24-18(27)13-9-10-14-16(12-13)23-21(29)25(4-2)19(14)28/h5-10,12H,3-4,11H2,1-2H3,(H,23,29)(H,22,24,27). The number of nitrogens with zero attached hydrogens (tertiary/aromatic N) is 3. The van der Waals surface area contributed by atoms with Gasteiger partial charge in [-0.3, -0.25) is 19.5 Å². The first-order valence-electron chi connectivity index (χ1n) is 9.57. The lowest BCUT2D eigenvalue weighted by molar-refractivity contribution is 0.102. The van der Waals surface area contributed by atoms with E-state index in [0.717, 1.165) is 24.0 Å². The van der Waals surface area contributed by atoms with Crippen molar-refractivity contribution in [1.82, 2.24) is 19.1 Å². The van der Waals surface area contributed by atoms with Crippen molar-refractivity contribution in [2.24, 2.45) is 0 Å². The fourth-order valence-corrected chi connectivity index (χ4v) is 3.80. The summed E-state index contributed by atoms with van der Waals surface area (Å²) in [7, 11) is 0. The molecule has 0 aliphatic rings. The smallest absolute Gasteiger partial charge is 0.262 e. The highest BCUT2D eigenvalue weighted by Gasteiger charge is 2.15. The van der Waals surface area contributed by atoms with Gasteiger partial charge in [-0.2, -0.15) is 0 Å². The van der Waals surface area contributed by atoms with Crippen LogP contribution in [0.2, 0.25) is 0 Å². The van der Waals surface area contributed by atoms with Crippen LogP contribution in [-0.4, -0.2) is 25.0 Å². The van der Waals surface area contributed by atoms with Crippen LogP contribution in [0.1, 0.15) is 30.6 Å². The molecule has 0 saturated carbocycles. The van der Waals surface area contributed by atoms with Gasteiger partial charge in [0.25, 0.3) is 11.5 Å². The number of aromatic nitrogens is 4. The number of aryl methyl sites for hydroxylation is 1. The number of rotatable bonds is 5. The number of imidazole rings is 1. The monoisotopic (exact) mass is 407 g/mol. The lowest BCUT2D eigenvalue weighted by Gasteiger charge is -2.10. The number of benzene rings is 2. The van der Waals surface area contributed by atoms with Crippen molar-refractivity contribution in [2.75, 3.05) is 5.32 Å². The van der Waals surface area contributed by atoms with Gasteiger partial charge in [-0.1, -0.05) is 19.1 Å². The fourth-order valence-electron chi connectivity index (χ4n) is 3.48. The molecule has 0 saturated heterocycles. The Hall–Kier alpha value is -3.26. The highest BCUT2D eigenvalue weighted by atomic mass is 32.1. The second-order valence-corrected chi connectivity index (χ2v) is 7.16. The number of carbonyl (C=O) groups excluding carboxylic acids is 1. The summed E-state index contributed by atoms with van der Waals surface area (Å²) >= 11 is 5.26. The molecule has 8 heteroatoms. The van der Waals surface area contributed by atoms with Crippen LogP contribution in [0, 0.1) is 4.77 Å². The summed E-state index contributed by atoms with van der Waals surface area (Å²) in [5, 5.41) is 3.40. The highest BCUT2D eigenvalue weighted by Crippen LogP contribution is 2.21. The average molecular weight is 407 g/mol. The highest BCUT2D eigenvalue weighted by molar-refractivity contribution is 7.71. The van der Waals surface area contributed by atoms with Crippen molar-refractivity contribution in [3.63, 3.8) is 0 Å². The Labute approximate surface area is 172 Å². The Kier molecular flexibility index (Phi) is 5.02. The van der Waals surface area contributed by atoms with Gasteiger partial charge in [0, 0.05) is 18.7 Å². The van der Waals surface area contributed by atoms with Crippen LogP contribution in [0.15, 0.2) is 47.3 Å². The Bertz CT molecular complexity index is 1350. The fraction of sp³-hybridized carbons (Fsp3) is 0.238. The first kappa shape index (κ1) is 19.1. The summed E-state index contributed by atoms with van der Waals surface area (Å²) in [6.07, 6.45) is 0.916. The van der Waals surface area contributed by atoms with E-state index in [9.17, 15) is 9.59 Å². The minimum atomic E-state index is -0.293. The van der Waals surface area contributed by atoms with Crippen LogP contribution >= 0.6 is 12.2 Å². The molecule has 0 unspecified atom stereocenters. The number of para-hydroxylation sites is 2. The molecule has 1 amide bonds. The predicted octanol–water partition coefficient (Wildman–Crippen LogP) is 4.09. The molecule has 0 aliphatic heterocycles. The van der Waals surface area contributed by atoms with Gasteiger partial charge < -0.3 is 9.55 Å². The number of carbonyl (C=O) groups is 1. The van der Waals surface area contributed by atoms with Crippen LogP contribution < -0.4 is 10.9 Å². The van der Waals surface area contributed by atoms with Crippen molar-refractivity contribution in [3.8, 4) is 0 Å². The lowest BCUT2D eigenvalue weighted by Crippen LogP contribution is -2.22. The van der Waals surface area contributed by atoms with Gasteiger partial charge in [0.05, 0.1) is 21.9 Å². The van der Waals surface area contributed by atoms with Gasteiger partial charge in [0.1, 0.15) is 0 Å². The summed E-state index contributed by atoms with van der Waals surface area (Å²) in [5.74, 6) is 0.214. The molecule has 0 radical (unpaired) electrons. The van der Waals surface area contributed by atoms with Gasteiger partial charge in [-0.05, 0) is 55.9 Å². The number of nitrogens with one attached hydrogen (secondary N) is 2. The Morgan fingerprint density at radius 3 is 2.72 bits per heavy atom. The summed E-state index contributed by atoms with van der Waals surface area (Å²) in [4.78, 5) is 33.0. The lowest BCUT2D eigenvalue weighted by atomic mass is 10.1. The van der Waals surface area contributed by atoms with E-state index in [4.69, 9.17) is 12.2 Å². The molecule has 2 N–H and O–H groups in total. The van der Waals surface area contributed by atoms with Crippen LogP contribution in [0.3, 0.4) is 0 Å². The maximum absolute atomic E-state index is 12.9. The number of aromatic amines is 1. The molecule has 4 aromatic rings. The van der Waals surface area contributed by atoms with Crippen LogP contribution in [-0.2, 0) is 13.1 Å². The normalized spacial score (nSPS) is 11.2. The first-order chi connectivity index (χ1) is 14.0. The number of hydrogen-bond donors (Lipinski definition) is 2. The number of anilines is 1. The van der Waals surface area contributed by atoms with Crippen molar-refractivity contribution in [1.29, 1.82) is 0 Å². The van der Waals surface area contributed by atoms with Gasteiger partial charge in [0.2, 0.25) is 5.95 Å². The van der Waals surface area contributed by atoms with Crippen LogP contribution in [0.25, 0.3) is 21.9 Å². The molecule has 4 rings (SSSR count). The molecular formula is C21H21N5O2S. The zero-order chi connectivity index (χ0) is 20.5. The molecule has 2 heterocycles. The van der Waals surface area contributed by atoms with E-state index >= 15 is 0 Å².